The zero-order chi connectivity index (χ0) is 10.7. The third-order valence-corrected chi connectivity index (χ3v) is 2.74. The van der Waals surface area contributed by atoms with Crippen LogP contribution < -0.4 is 11.5 Å². The smallest absolute Gasteiger partial charge is 0.128 e. The molecule has 0 amide bonds. The number of pyridine rings is 1. The van der Waals surface area contributed by atoms with Crippen LogP contribution in [-0.4, -0.2) is 4.98 Å². The van der Waals surface area contributed by atoms with E-state index in [9.17, 15) is 0 Å². The summed E-state index contributed by atoms with van der Waals surface area (Å²) in [6, 6.07) is 1.70. The molecule has 0 fully saturated rings. The van der Waals surface area contributed by atoms with Crippen LogP contribution in [0, 0.1) is 5.92 Å². The van der Waals surface area contributed by atoms with E-state index < -0.39 is 0 Å². The van der Waals surface area contributed by atoms with Crippen molar-refractivity contribution < 1.29 is 0 Å². The van der Waals surface area contributed by atoms with Gasteiger partial charge in [-0.2, -0.15) is 0 Å². The van der Waals surface area contributed by atoms with Crippen molar-refractivity contribution in [1.82, 2.24) is 4.98 Å². The first-order valence-electron chi connectivity index (χ1n) is 4.72. The highest BCUT2D eigenvalue weighted by Crippen LogP contribution is 2.27. The van der Waals surface area contributed by atoms with Crippen molar-refractivity contribution in [3.05, 3.63) is 22.8 Å². The molecule has 0 saturated carbocycles. The Morgan fingerprint density at radius 1 is 1.57 bits per heavy atom. The average molecular weight is 214 g/mol. The summed E-state index contributed by atoms with van der Waals surface area (Å²) in [5, 5.41) is 0.577. The van der Waals surface area contributed by atoms with Crippen molar-refractivity contribution in [2.24, 2.45) is 11.7 Å². The van der Waals surface area contributed by atoms with E-state index >= 15 is 0 Å². The Bertz CT molecular complexity index is 314. The fourth-order valence-corrected chi connectivity index (χ4v) is 1.46. The van der Waals surface area contributed by atoms with Gasteiger partial charge in [0.1, 0.15) is 5.82 Å². The minimum atomic E-state index is -0.0915. The van der Waals surface area contributed by atoms with Gasteiger partial charge >= 0.3 is 0 Å². The zero-order valence-electron chi connectivity index (χ0n) is 8.50. The molecule has 4 heteroatoms. The predicted molar refractivity (Wildman–Crippen MR) is 60.0 cm³/mol. The van der Waals surface area contributed by atoms with Crippen molar-refractivity contribution in [1.29, 1.82) is 0 Å². The molecule has 0 bridgehead atoms. The van der Waals surface area contributed by atoms with Crippen molar-refractivity contribution in [3.63, 3.8) is 0 Å². The van der Waals surface area contributed by atoms with Gasteiger partial charge in [0.2, 0.25) is 0 Å². The lowest BCUT2D eigenvalue weighted by atomic mass is 9.94. The Kier molecular flexibility index (Phi) is 3.72. The van der Waals surface area contributed by atoms with Crippen molar-refractivity contribution in [3.8, 4) is 0 Å². The summed E-state index contributed by atoms with van der Waals surface area (Å²) in [5.41, 5.74) is 12.6. The van der Waals surface area contributed by atoms with Crippen LogP contribution in [0.1, 0.15) is 31.9 Å². The third kappa shape index (κ3) is 2.36. The number of aromatic nitrogens is 1. The molecule has 1 rings (SSSR count). The molecule has 0 aromatic carbocycles. The van der Waals surface area contributed by atoms with Crippen LogP contribution in [-0.2, 0) is 0 Å². The summed E-state index contributed by atoms with van der Waals surface area (Å²) in [5.74, 6) is 0.847. The Labute approximate surface area is 89.5 Å². The van der Waals surface area contributed by atoms with Gasteiger partial charge < -0.3 is 11.5 Å². The molecule has 0 aliphatic rings. The van der Waals surface area contributed by atoms with Crippen molar-refractivity contribution in [2.45, 2.75) is 26.3 Å². The highest BCUT2D eigenvalue weighted by molar-refractivity contribution is 6.30. The lowest BCUT2D eigenvalue weighted by Gasteiger charge is -2.19. The molecule has 0 radical (unpaired) electrons. The molecule has 1 aromatic rings. The Balaban J connectivity index is 2.99. The largest absolute Gasteiger partial charge is 0.383 e. The summed E-state index contributed by atoms with van der Waals surface area (Å²) in [6.07, 6.45) is 2.54. The van der Waals surface area contributed by atoms with E-state index in [1.807, 2.05) is 0 Å². The fraction of sp³-hybridized carbons (Fsp3) is 0.500. The number of hydrogen-bond acceptors (Lipinski definition) is 3. The molecule has 1 aromatic heterocycles. The van der Waals surface area contributed by atoms with E-state index in [0.29, 0.717) is 16.8 Å². The molecule has 0 aliphatic carbocycles. The van der Waals surface area contributed by atoms with Gasteiger partial charge in [0.25, 0.3) is 0 Å². The monoisotopic (exact) mass is 213 g/mol. The fourth-order valence-electron chi connectivity index (χ4n) is 1.29. The lowest BCUT2D eigenvalue weighted by Crippen LogP contribution is -2.20. The van der Waals surface area contributed by atoms with Crippen LogP contribution in [0.4, 0.5) is 5.82 Å². The molecule has 78 valence electrons. The Morgan fingerprint density at radius 3 is 2.79 bits per heavy atom. The van der Waals surface area contributed by atoms with Gasteiger partial charge in [-0.1, -0.05) is 31.9 Å². The molecular weight excluding hydrogens is 198 g/mol. The summed E-state index contributed by atoms with van der Waals surface area (Å²) in [4.78, 5) is 3.98. The highest BCUT2D eigenvalue weighted by atomic mass is 35.5. The van der Waals surface area contributed by atoms with Crippen LogP contribution >= 0.6 is 11.6 Å². The highest BCUT2D eigenvalue weighted by Gasteiger charge is 2.16. The number of hydrogen-bond donors (Lipinski definition) is 2. The first-order chi connectivity index (χ1) is 6.56. The molecule has 14 heavy (non-hydrogen) atoms. The number of nitrogens with zero attached hydrogens (tertiary/aromatic N) is 1. The molecule has 0 spiro atoms. The summed E-state index contributed by atoms with van der Waals surface area (Å²) < 4.78 is 0. The summed E-state index contributed by atoms with van der Waals surface area (Å²) in [7, 11) is 0. The van der Waals surface area contributed by atoms with Crippen LogP contribution in [0.2, 0.25) is 5.02 Å². The molecule has 0 aliphatic heterocycles. The van der Waals surface area contributed by atoms with Crippen LogP contribution in [0.5, 0.6) is 0 Å². The second-order valence-electron chi connectivity index (χ2n) is 3.54. The van der Waals surface area contributed by atoms with E-state index in [1.54, 1.807) is 6.07 Å². The molecule has 3 nitrogen and oxygen atoms in total. The number of nitrogen functional groups attached to an aromatic ring is 1. The molecule has 2 atom stereocenters. The number of nitrogens with two attached hydrogens (primary N) is 2. The van der Waals surface area contributed by atoms with Crippen molar-refractivity contribution >= 4 is 17.4 Å². The number of anilines is 1. The molecule has 2 unspecified atom stereocenters. The van der Waals surface area contributed by atoms with Gasteiger partial charge in [-0.3, -0.25) is 0 Å². The molecular formula is C10H16ClN3. The molecule has 1 heterocycles. The van der Waals surface area contributed by atoms with E-state index in [4.69, 9.17) is 23.1 Å². The maximum atomic E-state index is 6.04. The maximum Gasteiger partial charge on any atom is 0.128 e. The minimum absolute atomic E-state index is 0.0915. The first-order valence-corrected chi connectivity index (χ1v) is 5.10. The maximum absolute atomic E-state index is 6.04. The third-order valence-electron chi connectivity index (χ3n) is 2.53. The van der Waals surface area contributed by atoms with Gasteiger partial charge in [0.05, 0.1) is 5.02 Å². The summed E-state index contributed by atoms with van der Waals surface area (Å²) in [6.45, 7) is 4.18. The second kappa shape index (κ2) is 4.62. The molecule has 4 N–H and O–H groups in total. The van der Waals surface area contributed by atoms with Crippen LogP contribution in [0.25, 0.3) is 0 Å². The van der Waals surface area contributed by atoms with E-state index in [2.05, 4.69) is 18.8 Å². The average Bonchev–Trinajstić information content (AvgIpc) is 2.19. The number of halogens is 1. The van der Waals surface area contributed by atoms with Gasteiger partial charge in [0.15, 0.2) is 0 Å². The van der Waals surface area contributed by atoms with Crippen LogP contribution in [0.3, 0.4) is 0 Å². The van der Waals surface area contributed by atoms with Gasteiger partial charge in [-0.25, -0.2) is 4.98 Å². The van der Waals surface area contributed by atoms with Crippen molar-refractivity contribution in [2.75, 3.05) is 5.73 Å². The summed E-state index contributed by atoms with van der Waals surface area (Å²) >= 11 is 5.84. The quantitative estimate of drug-likeness (QED) is 0.810. The lowest BCUT2D eigenvalue weighted by molar-refractivity contribution is 0.457. The van der Waals surface area contributed by atoms with E-state index in [1.165, 1.54) is 6.20 Å². The normalized spacial score (nSPS) is 15.1. The predicted octanol–water partition coefficient (Wildman–Crippen LogP) is 2.36. The zero-order valence-corrected chi connectivity index (χ0v) is 9.25. The SMILES string of the molecule is CCC(C)C(N)c1cc(Cl)cnc1N. The second-order valence-corrected chi connectivity index (χ2v) is 3.98. The molecule has 0 saturated heterocycles. The standard InChI is InChI=1S/C10H16ClN3/c1-3-6(2)9(12)8-4-7(11)5-14-10(8)13/h4-6,9H,3,12H2,1-2H3,(H2,13,14). The Hall–Kier alpha value is -0.800. The van der Waals surface area contributed by atoms with E-state index in [-0.39, 0.29) is 6.04 Å². The Morgan fingerprint density at radius 2 is 2.21 bits per heavy atom. The van der Waals surface area contributed by atoms with E-state index in [0.717, 1.165) is 12.0 Å². The first kappa shape index (κ1) is 11.3. The minimum Gasteiger partial charge on any atom is -0.383 e. The van der Waals surface area contributed by atoms with Gasteiger partial charge in [0, 0.05) is 17.8 Å². The topological polar surface area (TPSA) is 64.9 Å². The van der Waals surface area contributed by atoms with Gasteiger partial charge in [-0.15, -0.1) is 0 Å². The number of rotatable bonds is 3. The van der Waals surface area contributed by atoms with Crippen LogP contribution in [0.15, 0.2) is 12.3 Å². The van der Waals surface area contributed by atoms with Gasteiger partial charge in [-0.05, 0) is 12.0 Å².